The first kappa shape index (κ1) is 13.4. The Morgan fingerprint density at radius 1 is 1.21 bits per heavy atom. The first-order valence-corrected chi connectivity index (χ1v) is 6.17. The summed E-state index contributed by atoms with van der Waals surface area (Å²) in [5.74, 6) is 0. The van der Waals surface area contributed by atoms with Crippen molar-refractivity contribution in [2.75, 3.05) is 5.32 Å². The summed E-state index contributed by atoms with van der Waals surface area (Å²) >= 11 is 6.00. The first-order valence-electron chi connectivity index (χ1n) is 5.79. The van der Waals surface area contributed by atoms with E-state index in [2.05, 4.69) is 5.32 Å². The van der Waals surface area contributed by atoms with Gasteiger partial charge in [-0.1, -0.05) is 41.4 Å². The molecule has 0 fully saturated rings. The van der Waals surface area contributed by atoms with E-state index < -0.39 is 4.92 Å². The van der Waals surface area contributed by atoms with Crippen molar-refractivity contribution in [3.05, 3.63) is 68.7 Å². The maximum absolute atomic E-state index is 10.6. The summed E-state index contributed by atoms with van der Waals surface area (Å²) in [6.45, 7) is 2.65. The number of non-ortho nitro benzene ring substituents is 1. The second-order valence-electron chi connectivity index (χ2n) is 4.26. The third kappa shape index (κ3) is 3.45. The number of nitrogens with zero attached hydrogens (tertiary/aromatic N) is 1. The van der Waals surface area contributed by atoms with Crippen LogP contribution in [0.25, 0.3) is 0 Å². The Kier molecular flexibility index (Phi) is 4.02. The van der Waals surface area contributed by atoms with Crippen LogP contribution < -0.4 is 5.32 Å². The van der Waals surface area contributed by atoms with E-state index in [1.807, 2.05) is 31.2 Å². The van der Waals surface area contributed by atoms with E-state index in [9.17, 15) is 10.1 Å². The van der Waals surface area contributed by atoms with E-state index in [1.165, 1.54) is 17.7 Å². The molecule has 0 aromatic heterocycles. The van der Waals surface area contributed by atoms with Crippen LogP contribution in [0.15, 0.2) is 42.5 Å². The fraction of sp³-hybridized carbons (Fsp3) is 0.143. The zero-order valence-corrected chi connectivity index (χ0v) is 11.1. The largest absolute Gasteiger partial charge is 0.380 e. The molecule has 98 valence electrons. The number of aryl methyl sites for hydroxylation is 1. The van der Waals surface area contributed by atoms with Crippen LogP contribution in [0.1, 0.15) is 11.1 Å². The van der Waals surface area contributed by atoms with Crippen LogP contribution in [0.3, 0.4) is 0 Å². The highest BCUT2D eigenvalue weighted by Crippen LogP contribution is 2.26. The van der Waals surface area contributed by atoms with Crippen molar-refractivity contribution < 1.29 is 4.92 Å². The molecule has 0 unspecified atom stereocenters. The Balaban J connectivity index is 2.07. The quantitative estimate of drug-likeness (QED) is 0.673. The molecule has 2 aromatic carbocycles. The average molecular weight is 277 g/mol. The van der Waals surface area contributed by atoms with Crippen molar-refractivity contribution in [3.8, 4) is 0 Å². The Bertz CT molecular complexity index is 597. The molecular weight excluding hydrogens is 264 g/mol. The molecule has 0 spiro atoms. The maximum Gasteiger partial charge on any atom is 0.271 e. The fourth-order valence-corrected chi connectivity index (χ4v) is 1.91. The van der Waals surface area contributed by atoms with Crippen LogP contribution in [0.2, 0.25) is 5.02 Å². The Morgan fingerprint density at radius 2 is 1.89 bits per heavy atom. The lowest BCUT2D eigenvalue weighted by molar-refractivity contribution is -0.384. The SMILES string of the molecule is Cc1ccc(CNc2ccc([N+](=O)[O-])cc2Cl)cc1. The predicted octanol–water partition coefficient (Wildman–Crippen LogP) is 4.17. The highest BCUT2D eigenvalue weighted by Gasteiger charge is 2.08. The summed E-state index contributed by atoms with van der Waals surface area (Å²) in [5, 5.41) is 14.1. The van der Waals surface area contributed by atoms with Crippen LogP contribution in [-0.4, -0.2) is 4.92 Å². The summed E-state index contributed by atoms with van der Waals surface area (Å²) in [6, 6.07) is 12.5. The van der Waals surface area contributed by atoms with E-state index >= 15 is 0 Å². The van der Waals surface area contributed by atoms with Crippen LogP contribution in [0, 0.1) is 17.0 Å². The fourth-order valence-electron chi connectivity index (χ4n) is 1.66. The molecule has 1 N–H and O–H groups in total. The van der Waals surface area contributed by atoms with E-state index in [1.54, 1.807) is 6.07 Å². The van der Waals surface area contributed by atoms with Gasteiger partial charge in [0, 0.05) is 18.7 Å². The minimum absolute atomic E-state index is 0.00844. The monoisotopic (exact) mass is 276 g/mol. The van der Waals surface area contributed by atoms with Gasteiger partial charge in [0.15, 0.2) is 0 Å². The van der Waals surface area contributed by atoms with Gasteiger partial charge in [0.25, 0.3) is 5.69 Å². The summed E-state index contributed by atoms with van der Waals surface area (Å²) in [5.41, 5.74) is 3.01. The van der Waals surface area contributed by atoms with Crippen molar-refractivity contribution in [3.63, 3.8) is 0 Å². The number of hydrogen-bond acceptors (Lipinski definition) is 3. The number of benzene rings is 2. The molecule has 0 aliphatic carbocycles. The van der Waals surface area contributed by atoms with Crippen molar-refractivity contribution >= 4 is 23.0 Å². The third-order valence-corrected chi connectivity index (χ3v) is 3.08. The standard InChI is InChI=1S/C14H13ClN2O2/c1-10-2-4-11(5-3-10)9-16-14-7-6-12(17(18)19)8-13(14)15/h2-8,16H,9H2,1H3. The zero-order valence-electron chi connectivity index (χ0n) is 10.4. The number of halogens is 1. The minimum atomic E-state index is -0.463. The van der Waals surface area contributed by atoms with E-state index in [0.717, 1.165) is 5.56 Å². The van der Waals surface area contributed by atoms with Gasteiger partial charge in [-0.05, 0) is 18.6 Å². The Morgan fingerprint density at radius 3 is 2.47 bits per heavy atom. The average Bonchev–Trinajstić information content (AvgIpc) is 2.39. The van der Waals surface area contributed by atoms with Crippen molar-refractivity contribution in [2.24, 2.45) is 0 Å². The van der Waals surface area contributed by atoms with Crippen LogP contribution in [-0.2, 0) is 6.54 Å². The lowest BCUT2D eigenvalue weighted by atomic mass is 10.1. The normalized spacial score (nSPS) is 10.2. The van der Waals surface area contributed by atoms with E-state index in [-0.39, 0.29) is 5.69 Å². The van der Waals surface area contributed by atoms with Crippen LogP contribution >= 0.6 is 11.6 Å². The number of nitro groups is 1. The minimum Gasteiger partial charge on any atom is -0.380 e. The molecule has 0 amide bonds. The van der Waals surface area contributed by atoms with Gasteiger partial charge in [0.05, 0.1) is 15.6 Å². The lowest BCUT2D eigenvalue weighted by Gasteiger charge is -2.08. The molecule has 0 atom stereocenters. The van der Waals surface area contributed by atoms with Gasteiger partial charge in [0.2, 0.25) is 0 Å². The van der Waals surface area contributed by atoms with E-state index in [4.69, 9.17) is 11.6 Å². The third-order valence-electron chi connectivity index (χ3n) is 2.77. The van der Waals surface area contributed by atoms with Gasteiger partial charge in [-0.15, -0.1) is 0 Å². The summed E-state index contributed by atoms with van der Waals surface area (Å²) in [4.78, 5) is 10.1. The number of nitrogens with one attached hydrogen (secondary N) is 1. The highest BCUT2D eigenvalue weighted by atomic mass is 35.5. The van der Waals surface area contributed by atoms with Crippen LogP contribution in [0.5, 0.6) is 0 Å². The molecule has 0 bridgehead atoms. The molecule has 0 radical (unpaired) electrons. The topological polar surface area (TPSA) is 55.2 Å². The van der Waals surface area contributed by atoms with Gasteiger partial charge in [-0.2, -0.15) is 0 Å². The van der Waals surface area contributed by atoms with Crippen LogP contribution in [0.4, 0.5) is 11.4 Å². The molecule has 4 nitrogen and oxygen atoms in total. The first-order chi connectivity index (χ1) is 9.06. The number of anilines is 1. The van der Waals surface area contributed by atoms with E-state index in [0.29, 0.717) is 17.3 Å². The molecule has 0 saturated carbocycles. The number of rotatable bonds is 4. The van der Waals surface area contributed by atoms with Crippen molar-refractivity contribution in [2.45, 2.75) is 13.5 Å². The van der Waals surface area contributed by atoms with Gasteiger partial charge in [0.1, 0.15) is 0 Å². The molecule has 19 heavy (non-hydrogen) atoms. The predicted molar refractivity (Wildman–Crippen MR) is 76.6 cm³/mol. The molecule has 2 aromatic rings. The number of nitro benzene ring substituents is 1. The highest BCUT2D eigenvalue weighted by molar-refractivity contribution is 6.33. The molecule has 5 heteroatoms. The second kappa shape index (κ2) is 5.71. The molecular formula is C14H13ClN2O2. The van der Waals surface area contributed by atoms with Gasteiger partial charge < -0.3 is 5.32 Å². The van der Waals surface area contributed by atoms with Gasteiger partial charge in [-0.3, -0.25) is 10.1 Å². The molecule has 2 rings (SSSR count). The number of hydrogen-bond donors (Lipinski definition) is 1. The van der Waals surface area contributed by atoms with Crippen molar-refractivity contribution in [1.29, 1.82) is 0 Å². The molecule has 0 saturated heterocycles. The zero-order chi connectivity index (χ0) is 13.8. The maximum atomic E-state index is 10.6. The van der Waals surface area contributed by atoms with Crippen molar-refractivity contribution in [1.82, 2.24) is 0 Å². The summed E-state index contributed by atoms with van der Waals surface area (Å²) < 4.78 is 0. The Hall–Kier alpha value is -2.07. The molecule has 0 aliphatic rings. The van der Waals surface area contributed by atoms with Gasteiger partial charge in [-0.25, -0.2) is 0 Å². The summed E-state index contributed by atoms with van der Waals surface area (Å²) in [7, 11) is 0. The smallest absolute Gasteiger partial charge is 0.271 e. The second-order valence-corrected chi connectivity index (χ2v) is 4.67. The van der Waals surface area contributed by atoms with Gasteiger partial charge >= 0.3 is 0 Å². The molecule has 0 aliphatic heterocycles. The molecule has 0 heterocycles. The lowest BCUT2D eigenvalue weighted by Crippen LogP contribution is -2.00. The Labute approximate surface area is 116 Å². The summed E-state index contributed by atoms with van der Waals surface area (Å²) in [6.07, 6.45) is 0.